The molecule has 0 aliphatic rings. The third kappa shape index (κ3) is 5.35. The van der Waals surface area contributed by atoms with E-state index < -0.39 is 0 Å². The van der Waals surface area contributed by atoms with Gasteiger partial charge in [-0.15, -0.1) is 0 Å². The Kier molecular flexibility index (Phi) is 7.10. The second kappa shape index (κ2) is 12.2. The Balaban J connectivity index is 1.16. The summed E-state index contributed by atoms with van der Waals surface area (Å²) in [6, 6.07) is 59.7. The number of fused-ring (bicyclic) bond motifs is 3. The molecule has 6 aromatic carbocycles. The number of nitrogens with zero attached hydrogens (tertiary/aromatic N) is 4. The Morgan fingerprint density at radius 2 is 0.918 bits per heavy atom. The summed E-state index contributed by atoms with van der Waals surface area (Å²) in [5.74, 6) is 0.668. The highest BCUT2D eigenvalue weighted by Gasteiger charge is 2.15. The van der Waals surface area contributed by atoms with Crippen LogP contribution in [0.15, 0.2) is 182 Å². The van der Waals surface area contributed by atoms with Crippen LogP contribution in [-0.4, -0.2) is 19.5 Å². The van der Waals surface area contributed by atoms with Crippen LogP contribution in [0.2, 0.25) is 0 Å². The molecule has 3 aromatic heterocycles. The summed E-state index contributed by atoms with van der Waals surface area (Å²) in [7, 11) is 0. The number of benzene rings is 6. The van der Waals surface area contributed by atoms with Gasteiger partial charge in [0.25, 0.3) is 0 Å². The molecule has 0 saturated heterocycles. The summed E-state index contributed by atoms with van der Waals surface area (Å²) in [6.45, 7) is 0. The molecule has 0 atom stereocenters. The largest absolute Gasteiger partial charge is 0.309 e. The van der Waals surface area contributed by atoms with Crippen molar-refractivity contribution in [2.75, 3.05) is 0 Å². The molecular weight excluding hydrogens is 597 g/mol. The zero-order valence-electron chi connectivity index (χ0n) is 26.6. The normalized spacial score (nSPS) is 11.3. The van der Waals surface area contributed by atoms with Crippen LogP contribution in [0.1, 0.15) is 0 Å². The Hall–Kier alpha value is -6.65. The molecule has 230 valence electrons. The predicted molar refractivity (Wildman–Crippen MR) is 201 cm³/mol. The first kappa shape index (κ1) is 28.6. The second-order valence-electron chi connectivity index (χ2n) is 12.1. The van der Waals surface area contributed by atoms with Gasteiger partial charge >= 0.3 is 0 Å². The lowest BCUT2D eigenvalue weighted by Gasteiger charge is -2.12. The monoisotopic (exact) mass is 626 g/mol. The lowest BCUT2D eigenvalue weighted by Crippen LogP contribution is -1.96. The molecule has 4 heteroatoms. The van der Waals surface area contributed by atoms with E-state index >= 15 is 0 Å². The number of pyridine rings is 1. The van der Waals surface area contributed by atoms with E-state index in [2.05, 4.69) is 161 Å². The maximum Gasteiger partial charge on any atom is 0.160 e. The maximum atomic E-state index is 5.09. The second-order valence-corrected chi connectivity index (χ2v) is 12.1. The highest BCUT2D eigenvalue weighted by Crippen LogP contribution is 2.36. The van der Waals surface area contributed by atoms with Crippen LogP contribution in [0.25, 0.3) is 83.6 Å². The van der Waals surface area contributed by atoms with Crippen LogP contribution in [-0.2, 0) is 0 Å². The standard InChI is InChI=1S/C45H30N4/c1-3-10-31(11-4-1)32-18-20-33(21-19-32)41-30-42(48-45(47-41)34-24-26-46-27-25-34)37-13-9-12-35(28-37)36-22-23-40-39-16-7-8-17-43(39)49(44(40)29-36)38-14-5-2-6-15-38/h1-30H. The number of aromatic nitrogens is 4. The lowest BCUT2D eigenvalue weighted by atomic mass is 9.99. The van der Waals surface area contributed by atoms with Gasteiger partial charge in [-0.3, -0.25) is 4.98 Å². The number of para-hydroxylation sites is 2. The predicted octanol–water partition coefficient (Wildman–Crippen LogP) is 11.3. The van der Waals surface area contributed by atoms with E-state index in [1.165, 1.54) is 32.9 Å². The number of rotatable bonds is 6. The van der Waals surface area contributed by atoms with Crippen molar-refractivity contribution in [1.82, 2.24) is 19.5 Å². The van der Waals surface area contributed by atoms with Crippen molar-refractivity contribution in [3.8, 4) is 61.8 Å². The number of hydrogen-bond acceptors (Lipinski definition) is 3. The molecule has 0 saturated carbocycles. The van der Waals surface area contributed by atoms with Crippen LogP contribution in [0.3, 0.4) is 0 Å². The van der Waals surface area contributed by atoms with Gasteiger partial charge in [0.1, 0.15) is 0 Å². The molecule has 0 aliphatic heterocycles. The fraction of sp³-hybridized carbons (Fsp3) is 0. The molecule has 0 N–H and O–H groups in total. The molecule has 0 radical (unpaired) electrons. The first-order chi connectivity index (χ1) is 24.3. The van der Waals surface area contributed by atoms with E-state index in [9.17, 15) is 0 Å². The summed E-state index contributed by atoms with van der Waals surface area (Å²) in [5, 5.41) is 2.48. The topological polar surface area (TPSA) is 43.6 Å². The molecule has 9 aromatic rings. The van der Waals surface area contributed by atoms with Crippen molar-refractivity contribution >= 4 is 21.8 Å². The maximum absolute atomic E-state index is 5.09. The van der Waals surface area contributed by atoms with Gasteiger partial charge in [-0.05, 0) is 70.8 Å². The lowest BCUT2D eigenvalue weighted by molar-refractivity contribution is 1.17. The SMILES string of the molecule is c1ccc(-c2ccc(-c3cc(-c4cccc(-c5ccc6c7ccccc7n(-c7ccccc7)c6c5)c4)nc(-c4ccncc4)n3)cc2)cc1. The average Bonchev–Trinajstić information content (AvgIpc) is 3.52. The van der Waals surface area contributed by atoms with E-state index in [-0.39, 0.29) is 0 Å². The molecule has 0 unspecified atom stereocenters. The van der Waals surface area contributed by atoms with Crippen molar-refractivity contribution in [3.63, 3.8) is 0 Å². The van der Waals surface area contributed by atoms with E-state index in [0.29, 0.717) is 5.82 Å². The van der Waals surface area contributed by atoms with Gasteiger partial charge in [0.05, 0.1) is 22.4 Å². The smallest absolute Gasteiger partial charge is 0.160 e. The fourth-order valence-corrected chi connectivity index (χ4v) is 6.70. The molecule has 9 rings (SSSR count). The molecule has 49 heavy (non-hydrogen) atoms. The molecular formula is C45H30N4. The first-order valence-electron chi connectivity index (χ1n) is 16.4. The van der Waals surface area contributed by atoms with Crippen molar-refractivity contribution < 1.29 is 0 Å². The van der Waals surface area contributed by atoms with Crippen LogP contribution < -0.4 is 0 Å². The Labute approximate surface area is 284 Å². The quantitative estimate of drug-likeness (QED) is 0.184. The van der Waals surface area contributed by atoms with Crippen LogP contribution in [0.4, 0.5) is 0 Å². The van der Waals surface area contributed by atoms with Crippen molar-refractivity contribution in [2.45, 2.75) is 0 Å². The van der Waals surface area contributed by atoms with Crippen molar-refractivity contribution in [3.05, 3.63) is 182 Å². The summed E-state index contributed by atoms with van der Waals surface area (Å²) in [6.07, 6.45) is 3.57. The van der Waals surface area contributed by atoms with Crippen LogP contribution in [0, 0.1) is 0 Å². The zero-order chi connectivity index (χ0) is 32.6. The Bertz CT molecular complexity index is 2570. The Morgan fingerprint density at radius 3 is 1.71 bits per heavy atom. The molecule has 4 nitrogen and oxygen atoms in total. The minimum atomic E-state index is 0.668. The number of hydrogen-bond donors (Lipinski definition) is 0. The highest BCUT2D eigenvalue weighted by molar-refractivity contribution is 6.10. The minimum Gasteiger partial charge on any atom is -0.309 e. The highest BCUT2D eigenvalue weighted by atomic mass is 15.0. The molecule has 0 aliphatic carbocycles. The zero-order valence-corrected chi connectivity index (χ0v) is 26.6. The summed E-state index contributed by atoms with van der Waals surface area (Å²) in [5.41, 5.74) is 12.9. The first-order valence-corrected chi connectivity index (χ1v) is 16.4. The van der Waals surface area contributed by atoms with Gasteiger partial charge in [0.15, 0.2) is 5.82 Å². The Morgan fingerprint density at radius 1 is 0.347 bits per heavy atom. The fourth-order valence-electron chi connectivity index (χ4n) is 6.70. The van der Waals surface area contributed by atoms with Gasteiger partial charge in [-0.2, -0.15) is 0 Å². The third-order valence-electron chi connectivity index (χ3n) is 9.13. The molecule has 0 amide bonds. The van der Waals surface area contributed by atoms with Gasteiger partial charge in [-0.1, -0.05) is 121 Å². The minimum absolute atomic E-state index is 0.668. The van der Waals surface area contributed by atoms with E-state index in [1.807, 2.05) is 18.2 Å². The molecule has 0 spiro atoms. The van der Waals surface area contributed by atoms with E-state index in [0.717, 1.165) is 44.9 Å². The summed E-state index contributed by atoms with van der Waals surface area (Å²) >= 11 is 0. The van der Waals surface area contributed by atoms with Crippen molar-refractivity contribution in [1.29, 1.82) is 0 Å². The van der Waals surface area contributed by atoms with Gasteiger partial charge < -0.3 is 4.57 Å². The van der Waals surface area contributed by atoms with E-state index in [4.69, 9.17) is 9.97 Å². The molecule has 3 heterocycles. The average molecular weight is 627 g/mol. The van der Waals surface area contributed by atoms with Gasteiger partial charge in [0.2, 0.25) is 0 Å². The third-order valence-corrected chi connectivity index (χ3v) is 9.13. The molecule has 0 fully saturated rings. The summed E-state index contributed by atoms with van der Waals surface area (Å²) in [4.78, 5) is 14.3. The van der Waals surface area contributed by atoms with Gasteiger partial charge in [-0.25, -0.2) is 9.97 Å². The van der Waals surface area contributed by atoms with Gasteiger partial charge in [0, 0.05) is 45.5 Å². The van der Waals surface area contributed by atoms with Crippen LogP contribution >= 0.6 is 0 Å². The van der Waals surface area contributed by atoms with Crippen LogP contribution in [0.5, 0.6) is 0 Å². The molecule has 0 bridgehead atoms. The van der Waals surface area contributed by atoms with E-state index in [1.54, 1.807) is 12.4 Å². The summed E-state index contributed by atoms with van der Waals surface area (Å²) < 4.78 is 2.36. The van der Waals surface area contributed by atoms with Crippen molar-refractivity contribution in [2.24, 2.45) is 0 Å².